The fraction of sp³-hybridized carbons (Fsp3) is 0.900. The Balaban J connectivity index is 1.79. The van der Waals surface area contributed by atoms with Crippen LogP contribution in [0.1, 0.15) is 12.8 Å². The Labute approximate surface area is 89.3 Å². The molecule has 2 rings (SSSR count). The molecule has 2 N–H and O–H groups in total. The van der Waals surface area contributed by atoms with E-state index < -0.39 is 12.2 Å². The van der Waals surface area contributed by atoms with Gasteiger partial charge in [0.15, 0.2) is 0 Å². The third kappa shape index (κ3) is 2.48. The second kappa shape index (κ2) is 4.08. The van der Waals surface area contributed by atoms with Crippen molar-refractivity contribution in [3.8, 4) is 0 Å². The Bertz CT molecular complexity index is 245. The van der Waals surface area contributed by atoms with Gasteiger partial charge in [-0.1, -0.05) is 0 Å². The summed E-state index contributed by atoms with van der Waals surface area (Å²) in [6.45, 7) is 1.10. The molecule has 0 spiro atoms. The van der Waals surface area contributed by atoms with Crippen LogP contribution >= 0.6 is 0 Å². The highest BCUT2D eigenvalue weighted by atomic mass is 16.3. The smallest absolute Gasteiger partial charge is 0.236 e. The summed E-state index contributed by atoms with van der Waals surface area (Å²) in [5.74, 6) is 0.0822. The van der Waals surface area contributed by atoms with E-state index in [0.717, 1.165) is 12.8 Å². The van der Waals surface area contributed by atoms with Gasteiger partial charge < -0.3 is 15.1 Å². The summed E-state index contributed by atoms with van der Waals surface area (Å²) in [5.41, 5.74) is 0. The lowest BCUT2D eigenvalue weighted by Gasteiger charge is -2.20. The van der Waals surface area contributed by atoms with Gasteiger partial charge in [0, 0.05) is 26.2 Å². The number of hydrogen-bond donors (Lipinski definition) is 2. The van der Waals surface area contributed by atoms with Crippen LogP contribution in [0.25, 0.3) is 0 Å². The average Bonchev–Trinajstić information content (AvgIpc) is 2.95. The van der Waals surface area contributed by atoms with Gasteiger partial charge in [-0.25, -0.2) is 0 Å². The minimum atomic E-state index is -0.705. The zero-order chi connectivity index (χ0) is 11.0. The number of carbonyl (C=O) groups excluding carboxylic acids is 1. The van der Waals surface area contributed by atoms with Crippen molar-refractivity contribution in [1.82, 2.24) is 9.80 Å². The highest BCUT2D eigenvalue weighted by Gasteiger charge is 2.34. The Morgan fingerprint density at radius 1 is 1.33 bits per heavy atom. The predicted octanol–water partition coefficient (Wildman–Crippen LogP) is -1.36. The summed E-state index contributed by atoms with van der Waals surface area (Å²) in [5, 5.41) is 18.6. The molecule has 5 nitrogen and oxygen atoms in total. The maximum atomic E-state index is 11.7. The lowest BCUT2D eigenvalue weighted by molar-refractivity contribution is -0.131. The summed E-state index contributed by atoms with van der Waals surface area (Å²) < 4.78 is 0. The summed E-state index contributed by atoms with van der Waals surface area (Å²) in [4.78, 5) is 15.3. The first-order valence-electron chi connectivity index (χ1n) is 5.42. The molecular formula is C10H18N2O3. The third-order valence-corrected chi connectivity index (χ3v) is 3.18. The number of carbonyl (C=O) groups is 1. The second-order valence-electron chi connectivity index (χ2n) is 4.56. The molecule has 2 aliphatic rings. The topological polar surface area (TPSA) is 64.0 Å². The molecule has 0 aromatic heterocycles. The lowest BCUT2D eigenvalue weighted by atomic mass is 10.3. The molecule has 0 aromatic carbocycles. The van der Waals surface area contributed by atoms with Gasteiger partial charge in [-0.2, -0.15) is 0 Å². The maximum absolute atomic E-state index is 11.7. The first kappa shape index (κ1) is 10.9. The molecule has 0 radical (unpaired) electrons. The van der Waals surface area contributed by atoms with Crippen molar-refractivity contribution in [3.63, 3.8) is 0 Å². The molecule has 0 bridgehead atoms. The fourth-order valence-corrected chi connectivity index (χ4v) is 1.94. The van der Waals surface area contributed by atoms with Crippen LogP contribution in [0.4, 0.5) is 0 Å². The largest absolute Gasteiger partial charge is 0.389 e. The van der Waals surface area contributed by atoms with E-state index in [2.05, 4.69) is 0 Å². The Hall–Kier alpha value is -0.650. The number of nitrogens with zero attached hydrogens (tertiary/aromatic N) is 2. The fourth-order valence-electron chi connectivity index (χ4n) is 1.94. The summed E-state index contributed by atoms with van der Waals surface area (Å²) in [6.07, 6.45) is 0.800. The molecule has 2 unspecified atom stereocenters. The zero-order valence-electron chi connectivity index (χ0n) is 8.96. The van der Waals surface area contributed by atoms with Crippen molar-refractivity contribution >= 4 is 5.91 Å². The first-order valence-corrected chi connectivity index (χ1v) is 5.42. The number of likely N-dealkylation sites (N-methyl/N-ethyl adjacent to an activating group) is 1. The SMILES string of the molecule is CN(C(=O)CN1CC(O)C(O)C1)C1CC1. The molecule has 15 heavy (non-hydrogen) atoms. The van der Waals surface area contributed by atoms with Crippen molar-refractivity contribution in [2.45, 2.75) is 31.1 Å². The predicted molar refractivity (Wildman–Crippen MR) is 54.2 cm³/mol. The number of amides is 1. The number of aliphatic hydroxyl groups excluding tert-OH is 2. The van der Waals surface area contributed by atoms with Gasteiger partial charge >= 0.3 is 0 Å². The molecular weight excluding hydrogens is 196 g/mol. The van der Waals surface area contributed by atoms with E-state index in [1.807, 2.05) is 7.05 Å². The lowest BCUT2D eigenvalue weighted by Crippen LogP contribution is -2.38. The van der Waals surface area contributed by atoms with Gasteiger partial charge in [0.25, 0.3) is 0 Å². The molecule has 1 aliphatic heterocycles. The van der Waals surface area contributed by atoms with Gasteiger partial charge in [-0.3, -0.25) is 9.69 Å². The van der Waals surface area contributed by atoms with Crippen molar-refractivity contribution in [2.24, 2.45) is 0 Å². The van der Waals surface area contributed by atoms with E-state index in [9.17, 15) is 15.0 Å². The standard InChI is InChI=1S/C10H18N2O3/c1-11(7-2-3-7)10(15)6-12-4-8(13)9(14)5-12/h7-9,13-14H,2-6H2,1H3. The molecule has 1 amide bonds. The summed E-state index contributed by atoms with van der Waals surface area (Å²) in [6, 6.07) is 0.426. The van der Waals surface area contributed by atoms with Gasteiger partial charge in [0.1, 0.15) is 0 Å². The highest BCUT2D eigenvalue weighted by molar-refractivity contribution is 5.78. The van der Waals surface area contributed by atoms with E-state index in [1.54, 1.807) is 9.80 Å². The zero-order valence-corrected chi connectivity index (χ0v) is 8.96. The molecule has 1 saturated heterocycles. The van der Waals surface area contributed by atoms with Crippen LogP contribution < -0.4 is 0 Å². The van der Waals surface area contributed by atoms with Crippen molar-refractivity contribution < 1.29 is 15.0 Å². The monoisotopic (exact) mass is 214 g/mol. The van der Waals surface area contributed by atoms with Crippen LogP contribution in [0, 0.1) is 0 Å². The maximum Gasteiger partial charge on any atom is 0.236 e. The molecule has 86 valence electrons. The summed E-state index contributed by atoms with van der Waals surface area (Å²) >= 11 is 0. The van der Waals surface area contributed by atoms with Crippen LogP contribution in [0.15, 0.2) is 0 Å². The number of rotatable bonds is 3. The van der Waals surface area contributed by atoms with Crippen LogP contribution in [-0.4, -0.2) is 70.9 Å². The molecule has 1 heterocycles. The quantitative estimate of drug-likeness (QED) is 0.609. The number of β-amino-alcohol motifs (C(OH)–C–C–N with tert-alkyl or cyclic N) is 2. The Kier molecular flexibility index (Phi) is 2.95. The van der Waals surface area contributed by atoms with E-state index in [1.165, 1.54) is 0 Å². The van der Waals surface area contributed by atoms with Crippen LogP contribution in [0.2, 0.25) is 0 Å². The third-order valence-electron chi connectivity index (χ3n) is 3.18. The molecule has 2 atom stereocenters. The van der Waals surface area contributed by atoms with E-state index >= 15 is 0 Å². The van der Waals surface area contributed by atoms with Crippen LogP contribution in [0.5, 0.6) is 0 Å². The van der Waals surface area contributed by atoms with Crippen LogP contribution in [0.3, 0.4) is 0 Å². The van der Waals surface area contributed by atoms with Crippen molar-refractivity contribution in [3.05, 3.63) is 0 Å². The Morgan fingerprint density at radius 2 is 1.87 bits per heavy atom. The summed E-state index contributed by atoms with van der Waals surface area (Å²) in [7, 11) is 1.82. The minimum Gasteiger partial charge on any atom is -0.389 e. The number of likely N-dealkylation sites (tertiary alicyclic amines) is 1. The molecule has 2 fully saturated rings. The van der Waals surface area contributed by atoms with E-state index in [4.69, 9.17) is 0 Å². The van der Waals surface area contributed by atoms with E-state index in [0.29, 0.717) is 25.7 Å². The molecule has 5 heteroatoms. The average molecular weight is 214 g/mol. The van der Waals surface area contributed by atoms with Crippen molar-refractivity contribution in [2.75, 3.05) is 26.7 Å². The molecule has 1 saturated carbocycles. The number of hydrogen-bond acceptors (Lipinski definition) is 4. The van der Waals surface area contributed by atoms with Gasteiger partial charge in [0.05, 0.1) is 18.8 Å². The van der Waals surface area contributed by atoms with Gasteiger partial charge in [0.2, 0.25) is 5.91 Å². The van der Waals surface area contributed by atoms with Gasteiger partial charge in [-0.05, 0) is 12.8 Å². The first-order chi connectivity index (χ1) is 7.08. The Morgan fingerprint density at radius 3 is 2.33 bits per heavy atom. The molecule has 0 aromatic rings. The minimum absolute atomic E-state index is 0.0822. The molecule has 1 aliphatic carbocycles. The van der Waals surface area contributed by atoms with Gasteiger partial charge in [-0.15, -0.1) is 0 Å². The highest BCUT2D eigenvalue weighted by Crippen LogP contribution is 2.25. The second-order valence-corrected chi connectivity index (χ2v) is 4.56. The van der Waals surface area contributed by atoms with E-state index in [-0.39, 0.29) is 5.91 Å². The number of aliphatic hydroxyl groups is 2. The van der Waals surface area contributed by atoms with Crippen LogP contribution in [-0.2, 0) is 4.79 Å². The normalized spacial score (nSPS) is 31.9. The van der Waals surface area contributed by atoms with Crippen molar-refractivity contribution in [1.29, 1.82) is 0 Å².